The van der Waals surface area contributed by atoms with E-state index < -0.39 is 0 Å². The number of hydrogen-bond acceptors (Lipinski definition) is 2. The van der Waals surface area contributed by atoms with Crippen LogP contribution in [0, 0.1) is 5.41 Å². The second-order valence-corrected chi connectivity index (χ2v) is 3.46. The predicted octanol–water partition coefficient (Wildman–Crippen LogP) is 1.56. The summed E-state index contributed by atoms with van der Waals surface area (Å²) in [6.07, 6.45) is 3.79. The van der Waals surface area contributed by atoms with Crippen LogP contribution < -0.4 is 0 Å². The average Bonchev–Trinajstić information content (AvgIpc) is 2.02. The SMILES string of the molecule is CCC(C)(CCO)CCCO. The first-order chi connectivity index (χ1) is 5.18. The van der Waals surface area contributed by atoms with Gasteiger partial charge in [-0.3, -0.25) is 0 Å². The van der Waals surface area contributed by atoms with Gasteiger partial charge < -0.3 is 10.2 Å². The fraction of sp³-hybridized carbons (Fsp3) is 1.00. The zero-order chi connectivity index (χ0) is 8.74. The summed E-state index contributed by atoms with van der Waals surface area (Å²) in [5.41, 5.74) is 0.234. The van der Waals surface area contributed by atoms with Crippen LogP contribution in [0.4, 0.5) is 0 Å². The van der Waals surface area contributed by atoms with Gasteiger partial charge in [-0.2, -0.15) is 0 Å². The van der Waals surface area contributed by atoms with Crippen LogP contribution in [0.1, 0.15) is 39.5 Å². The summed E-state index contributed by atoms with van der Waals surface area (Å²) >= 11 is 0. The summed E-state index contributed by atoms with van der Waals surface area (Å²) in [7, 11) is 0. The van der Waals surface area contributed by atoms with E-state index in [9.17, 15) is 0 Å². The molecule has 0 aromatic rings. The molecule has 0 radical (unpaired) electrons. The van der Waals surface area contributed by atoms with Crippen LogP contribution in [-0.4, -0.2) is 23.4 Å². The summed E-state index contributed by atoms with van der Waals surface area (Å²) < 4.78 is 0. The first-order valence-corrected chi connectivity index (χ1v) is 4.40. The molecule has 1 atom stereocenters. The van der Waals surface area contributed by atoms with Gasteiger partial charge in [0, 0.05) is 13.2 Å². The van der Waals surface area contributed by atoms with Crippen molar-refractivity contribution in [3.63, 3.8) is 0 Å². The molecule has 1 unspecified atom stereocenters. The molecule has 0 saturated heterocycles. The van der Waals surface area contributed by atoms with E-state index in [0.29, 0.717) is 0 Å². The van der Waals surface area contributed by atoms with E-state index in [2.05, 4.69) is 13.8 Å². The molecule has 0 aliphatic heterocycles. The molecule has 0 aromatic carbocycles. The predicted molar refractivity (Wildman–Crippen MR) is 46.4 cm³/mol. The van der Waals surface area contributed by atoms with Crippen LogP contribution in [0.25, 0.3) is 0 Å². The Morgan fingerprint density at radius 2 is 1.73 bits per heavy atom. The fourth-order valence-corrected chi connectivity index (χ4v) is 1.25. The van der Waals surface area contributed by atoms with Crippen LogP contribution in [-0.2, 0) is 0 Å². The molecule has 2 N–H and O–H groups in total. The molecular formula is C9H20O2. The lowest BCUT2D eigenvalue weighted by Crippen LogP contribution is -2.17. The van der Waals surface area contributed by atoms with Gasteiger partial charge in [-0.25, -0.2) is 0 Å². The Morgan fingerprint density at radius 1 is 1.09 bits per heavy atom. The Hall–Kier alpha value is -0.0800. The zero-order valence-corrected chi connectivity index (χ0v) is 7.64. The molecule has 0 aromatic heterocycles. The first-order valence-electron chi connectivity index (χ1n) is 4.40. The van der Waals surface area contributed by atoms with Gasteiger partial charge >= 0.3 is 0 Å². The van der Waals surface area contributed by atoms with E-state index in [1.807, 2.05) is 0 Å². The van der Waals surface area contributed by atoms with Gasteiger partial charge in [0.05, 0.1) is 0 Å². The third-order valence-electron chi connectivity index (χ3n) is 2.51. The Labute approximate surface area is 69.2 Å². The smallest absolute Gasteiger partial charge is 0.0436 e. The maximum absolute atomic E-state index is 8.77. The number of rotatable bonds is 6. The summed E-state index contributed by atoms with van der Waals surface area (Å²) in [5.74, 6) is 0. The van der Waals surface area contributed by atoms with Gasteiger partial charge in [-0.15, -0.1) is 0 Å². The summed E-state index contributed by atoms with van der Waals surface area (Å²) in [6, 6.07) is 0. The highest BCUT2D eigenvalue weighted by Crippen LogP contribution is 2.30. The first kappa shape index (κ1) is 10.9. The van der Waals surface area contributed by atoms with E-state index in [0.717, 1.165) is 25.7 Å². The normalized spacial score (nSPS) is 16.4. The molecule has 0 amide bonds. The molecular weight excluding hydrogens is 140 g/mol. The van der Waals surface area contributed by atoms with Crippen LogP contribution >= 0.6 is 0 Å². The second-order valence-electron chi connectivity index (χ2n) is 3.46. The molecule has 11 heavy (non-hydrogen) atoms. The van der Waals surface area contributed by atoms with Gasteiger partial charge in [0.25, 0.3) is 0 Å². The van der Waals surface area contributed by atoms with E-state index >= 15 is 0 Å². The molecule has 0 heterocycles. The topological polar surface area (TPSA) is 40.5 Å². The van der Waals surface area contributed by atoms with E-state index in [-0.39, 0.29) is 18.6 Å². The van der Waals surface area contributed by atoms with Crippen molar-refractivity contribution in [1.82, 2.24) is 0 Å². The third kappa shape index (κ3) is 4.38. The lowest BCUT2D eigenvalue weighted by molar-refractivity contribution is 0.164. The number of aliphatic hydroxyl groups is 2. The molecule has 0 aliphatic rings. The van der Waals surface area contributed by atoms with Crippen LogP contribution in [0.2, 0.25) is 0 Å². The molecule has 0 fully saturated rings. The summed E-state index contributed by atoms with van der Waals surface area (Å²) in [4.78, 5) is 0. The Morgan fingerprint density at radius 3 is 2.09 bits per heavy atom. The van der Waals surface area contributed by atoms with Crippen LogP contribution in [0.3, 0.4) is 0 Å². The molecule has 2 heteroatoms. The molecule has 0 aliphatic carbocycles. The zero-order valence-electron chi connectivity index (χ0n) is 7.64. The molecule has 0 spiro atoms. The van der Waals surface area contributed by atoms with Gasteiger partial charge in [0.1, 0.15) is 0 Å². The van der Waals surface area contributed by atoms with E-state index in [4.69, 9.17) is 10.2 Å². The van der Waals surface area contributed by atoms with Gasteiger partial charge in [-0.05, 0) is 24.7 Å². The van der Waals surface area contributed by atoms with Crippen molar-refractivity contribution in [2.45, 2.75) is 39.5 Å². The maximum atomic E-state index is 8.77. The molecule has 0 rings (SSSR count). The second kappa shape index (κ2) is 5.56. The lowest BCUT2D eigenvalue weighted by Gasteiger charge is -2.26. The van der Waals surface area contributed by atoms with Crippen molar-refractivity contribution in [1.29, 1.82) is 0 Å². The summed E-state index contributed by atoms with van der Waals surface area (Å²) in [6.45, 7) is 4.82. The van der Waals surface area contributed by atoms with E-state index in [1.165, 1.54) is 0 Å². The standard InChI is InChI=1S/C9H20O2/c1-3-9(2,6-8-11)5-4-7-10/h10-11H,3-8H2,1-2H3. The maximum Gasteiger partial charge on any atom is 0.0436 e. The highest BCUT2D eigenvalue weighted by Gasteiger charge is 2.20. The van der Waals surface area contributed by atoms with Gasteiger partial charge in [0.15, 0.2) is 0 Å². The minimum absolute atomic E-state index is 0.234. The average molecular weight is 160 g/mol. The largest absolute Gasteiger partial charge is 0.396 e. The third-order valence-corrected chi connectivity index (χ3v) is 2.51. The highest BCUT2D eigenvalue weighted by atomic mass is 16.3. The monoisotopic (exact) mass is 160 g/mol. The Kier molecular flexibility index (Phi) is 5.51. The van der Waals surface area contributed by atoms with Gasteiger partial charge in [-0.1, -0.05) is 20.3 Å². The summed E-state index contributed by atoms with van der Waals surface area (Å²) in [5, 5.41) is 17.4. The van der Waals surface area contributed by atoms with Crippen molar-refractivity contribution in [2.75, 3.05) is 13.2 Å². The fourth-order valence-electron chi connectivity index (χ4n) is 1.25. The van der Waals surface area contributed by atoms with Crippen molar-refractivity contribution in [2.24, 2.45) is 5.41 Å². The molecule has 0 bridgehead atoms. The Bertz CT molecular complexity index is 93.6. The number of hydrogen-bond donors (Lipinski definition) is 2. The van der Waals surface area contributed by atoms with Gasteiger partial charge in [0.2, 0.25) is 0 Å². The Balaban J connectivity index is 3.68. The van der Waals surface area contributed by atoms with Crippen LogP contribution in [0.5, 0.6) is 0 Å². The van der Waals surface area contributed by atoms with Crippen molar-refractivity contribution >= 4 is 0 Å². The minimum atomic E-state index is 0.234. The quantitative estimate of drug-likeness (QED) is 0.619. The highest BCUT2D eigenvalue weighted by molar-refractivity contribution is 4.71. The molecule has 0 saturated carbocycles. The van der Waals surface area contributed by atoms with Crippen molar-refractivity contribution < 1.29 is 10.2 Å². The van der Waals surface area contributed by atoms with Crippen molar-refractivity contribution in [3.8, 4) is 0 Å². The number of aliphatic hydroxyl groups excluding tert-OH is 2. The lowest BCUT2D eigenvalue weighted by atomic mass is 9.80. The van der Waals surface area contributed by atoms with Crippen LogP contribution in [0.15, 0.2) is 0 Å². The molecule has 68 valence electrons. The van der Waals surface area contributed by atoms with E-state index in [1.54, 1.807) is 0 Å². The van der Waals surface area contributed by atoms with Crippen molar-refractivity contribution in [3.05, 3.63) is 0 Å². The minimum Gasteiger partial charge on any atom is -0.396 e. The molecule has 2 nitrogen and oxygen atoms in total.